The summed E-state index contributed by atoms with van der Waals surface area (Å²) in [5.41, 5.74) is 0.253. The maximum Gasteiger partial charge on any atom is 0.326 e. The smallest absolute Gasteiger partial charge is 0.326 e. The Kier molecular flexibility index (Phi) is 5.82. The highest BCUT2D eigenvalue weighted by Crippen LogP contribution is 2.12. The highest BCUT2D eigenvalue weighted by molar-refractivity contribution is 9.11. The van der Waals surface area contributed by atoms with Gasteiger partial charge in [0.2, 0.25) is 5.91 Å². The molecule has 0 fully saturated rings. The number of carbonyl (C=O) groups excluding carboxylic acids is 1. The second-order valence-corrected chi connectivity index (χ2v) is 5.23. The van der Waals surface area contributed by atoms with Crippen molar-refractivity contribution in [1.82, 2.24) is 5.32 Å². The van der Waals surface area contributed by atoms with Gasteiger partial charge in [-0.2, -0.15) is 0 Å². The van der Waals surface area contributed by atoms with E-state index in [2.05, 4.69) is 27.8 Å². The summed E-state index contributed by atoms with van der Waals surface area (Å²) >= 11 is 3.02. The number of aliphatic carboxylic acids is 1. The van der Waals surface area contributed by atoms with Crippen molar-refractivity contribution in [3.63, 3.8) is 0 Å². The molecule has 0 saturated heterocycles. The molecular weight excluding hydrogens is 336 g/mol. The fraction of sp³-hybridized carbons (Fsp3) is 0.231. The van der Waals surface area contributed by atoms with E-state index in [0.29, 0.717) is 4.48 Å². The zero-order valence-corrected chi connectivity index (χ0v) is 11.9. The number of hydrogen-bond donors (Lipinski definition) is 2. The van der Waals surface area contributed by atoms with E-state index in [1.807, 2.05) is 0 Å². The largest absolute Gasteiger partial charge is 0.480 e. The molecule has 0 radical (unpaired) electrons. The zero-order chi connectivity index (χ0) is 15.3. The zero-order valence-electron chi connectivity index (χ0n) is 10.3. The second-order valence-electron chi connectivity index (χ2n) is 4.10. The Morgan fingerprint density at radius 2 is 2.00 bits per heavy atom. The van der Waals surface area contributed by atoms with Crippen LogP contribution >= 0.6 is 15.9 Å². The molecule has 1 aromatic rings. The van der Waals surface area contributed by atoms with Gasteiger partial charge in [-0.15, -0.1) is 0 Å². The van der Waals surface area contributed by atoms with E-state index >= 15 is 0 Å². The molecule has 0 bridgehead atoms. The number of carboxylic acid groups (broad SMARTS) is 1. The first-order chi connectivity index (χ1) is 9.29. The van der Waals surface area contributed by atoms with Crippen molar-refractivity contribution in [1.29, 1.82) is 0 Å². The van der Waals surface area contributed by atoms with E-state index in [-0.39, 0.29) is 18.4 Å². The van der Waals surface area contributed by atoms with Gasteiger partial charge in [-0.1, -0.05) is 28.6 Å². The first-order valence-corrected chi connectivity index (χ1v) is 6.38. The highest BCUT2D eigenvalue weighted by Gasteiger charge is 2.20. The number of halogens is 3. The molecule has 1 amide bonds. The molecule has 1 atom stereocenters. The summed E-state index contributed by atoms with van der Waals surface area (Å²) in [6, 6.07) is 1.94. The third-order valence-electron chi connectivity index (χ3n) is 2.41. The van der Waals surface area contributed by atoms with E-state index in [1.165, 1.54) is 6.07 Å². The second kappa shape index (κ2) is 7.14. The Labute approximate surface area is 122 Å². The van der Waals surface area contributed by atoms with Crippen LogP contribution in [0.25, 0.3) is 0 Å². The van der Waals surface area contributed by atoms with Crippen LogP contribution in [0, 0.1) is 11.6 Å². The summed E-state index contributed by atoms with van der Waals surface area (Å²) in [5, 5.41) is 11.2. The number of rotatable bonds is 6. The van der Waals surface area contributed by atoms with Crippen LogP contribution in [0.2, 0.25) is 0 Å². The van der Waals surface area contributed by atoms with E-state index < -0.39 is 29.6 Å². The third kappa shape index (κ3) is 5.08. The van der Waals surface area contributed by atoms with Gasteiger partial charge in [-0.05, 0) is 22.2 Å². The summed E-state index contributed by atoms with van der Waals surface area (Å²) in [4.78, 5) is 22.6. The Balaban J connectivity index is 2.67. The number of benzene rings is 1. The first-order valence-electron chi connectivity index (χ1n) is 5.59. The molecule has 7 heteroatoms. The van der Waals surface area contributed by atoms with Crippen LogP contribution in [0.3, 0.4) is 0 Å². The molecule has 0 heterocycles. The normalized spacial score (nSPS) is 11.8. The van der Waals surface area contributed by atoms with Crippen molar-refractivity contribution in [3.8, 4) is 0 Å². The van der Waals surface area contributed by atoms with Gasteiger partial charge >= 0.3 is 5.97 Å². The molecule has 1 rings (SSSR count). The Morgan fingerprint density at radius 3 is 2.50 bits per heavy atom. The average molecular weight is 348 g/mol. The lowest BCUT2D eigenvalue weighted by molar-refractivity contribution is -0.141. The molecule has 108 valence electrons. The van der Waals surface area contributed by atoms with Gasteiger partial charge in [0.05, 0.1) is 6.42 Å². The molecule has 2 N–H and O–H groups in total. The summed E-state index contributed by atoms with van der Waals surface area (Å²) in [7, 11) is 0. The summed E-state index contributed by atoms with van der Waals surface area (Å²) in [6.07, 6.45) is -0.214. The molecule has 0 aliphatic rings. The van der Waals surface area contributed by atoms with Crippen LogP contribution in [0.15, 0.2) is 29.3 Å². The third-order valence-corrected chi connectivity index (χ3v) is 2.73. The van der Waals surface area contributed by atoms with Crippen molar-refractivity contribution in [2.75, 3.05) is 0 Å². The number of carbonyl (C=O) groups is 2. The van der Waals surface area contributed by atoms with Crippen LogP contribution in [-0.2, 0) is 16.0 Å². The average Bonchev–Trinajstić information content (AvgIpc) is 2.32. The molecule has 0 aromatic heterocycles. The molecule has 0 saturated carbocycles. The van der Waals surface area contributed by atoms with Crippen molar-refractivity contribution in [2.45, 2.75) is 18.9 Å². The maximum absolute atomic E-state index is 13.0. The summed E-state index contributed by atoms with van der Waals surface area (Å²) in [5.74, 6) is -3.87. The molecule has 0 spiro atoms. The van der Waals surface area contributed by atoms with Crippen LogP contribution in [0.5, 0.6) is 0 Å². The number of nitrogens with one attached hydrogen (secondary N) is 1. The van der Waals surface area contributed by atoms with Crippen molar-refractivity contribution >= 4 is 27.8 Å². The van der Waals surface area contributed by atoms with Gasteiger partial charge in [0, 0.05) is 6.42 Å². The minimum Gasteiger partial charge on any atom is -0.480 e. The van der Waals surface area contributed by atoms with Gasteiger partial charge < -0.3 is 10.4 Å². The van der Waals surface area contributed by atoms with Gasteiger partial charge in [0.1, 0.15) is 6.04 Å². The van der Waals surface area contributed by atoms with E-state index in [9.17, 15) is 18.4 Å². The van der Waals surface area contributed by atoms with Gasteiger partial charge in [-0.25, -0.2) is 13.6 Å². The Bertz CT molecular complexity index is 548. The fourth-order valence-corrected chi connectivity index (χ4v) is 1.83. The van der Waals surface area contributed by atoms with Crippen LogP contribution < -0.4 is 5.32 Å². The quantitative estimate of drug-likeness (QED) is 0.830. The maximum atomic E-state index is 13.0. The molecule has 4 nitrogen and oxygen atoms in total. The number of amides is 1. The molecule has 0 unspecified atom stereocenters. The van der Waals surface area contributed by atoms with Crippen LogP contribution in [0.1, 0.15) is 12.0 Å². The first kappa shape index (κ1) is 16.3. The summed E-state index contributed by atoms with van der Waals surface area (Å²) in [6.45, 7) is 3.50. The predicted octanol–water partition coefficient (Wildman–Crippen LogP) is 2.38. The number of hydrogen-bond acceptors (Lipinski definition) is 2. The molecular formula is C13H12BrF2NO3. The minimum absolute atomic E-state index is 0.0266. The monoisotopic (exact) mass is 347 g/mol. The lowest BCUT2D eigenvalue weighted by Crippen LogP contribution is -2.41. The SMILES string of the molecule is C=C(Br)C[C@H](NC(=O)Cc1ccc(F)c(F)c1)C(=O)O. The van der Waals surface area contributed by atoms with E-state index in [0.717, 1.165) is 12.1 Å². The fourth-order valence-electron chi connectivity index (χ4n) is 1.50. The molecule has 20 heavy (non-hydrogen) atoms. The van der Waals surface area contributed by atoms with Gasteiger partial charge in [-0.3, -0.25) is 4.79 Å². The predicted molar refractivity (Wildman–Crippen MR) is 72.3 cm³/mol. The molecule has 0 aliphatic heterocycles. The van der Waals surface area contributed by atoms with Crippen LogP contribution in [-0.4, -0.2) is 23.0 Å². The lowest BCUT2D eigenvalue weighted by atomic mass is 10.1. The van der Waals surface area contributed by atoms with Crippen molar-refractivity contribution in [2.24, 2.45) is 0 Å². The minimum atomic E-state index is -1.20. The van der Waals surface area contributed by atoms with Gasteiger partial charge in [0.25, 0.3) is 0 Å². The van der Waals surface area contributed by atoms with Gasteiger partial charge in [0.15, 0.2) is 11.6 Å². The molecule has 1 aromatic carbocycles. The lowest BCUT2D eigenvalue weighted by Gasteiger charge is -2.14. The Hall–Kier alpha value is -1.76. The van der Waals surface area contributed by atoms with Crippen molar-refractivity contribution in [3.05, 3.63) is 46.5 Å². The molecule has 0 aliphatic carbocycles. The highest BCUT2D eigenvalue weighted by atomic mass is 79.9. The van der Waals surface area contributed by atoms with E-state index in [1.54, 1.807) is 0 Å². The standard InChI is InChI=1S/C13H12BrF2NO3/c1-7(14)4-11(13(19)20)17-12(18)6-8-2-3-9(15)10(16)5-8/h2-3,5,11H,1,4,6H2,(H,17,18)(H,19,20)/t11-/m0/s1. The van der Waals surface area contributed by atoms with E-state index in [4.69, 9.17) is 5.11 Å². The Morgan fingerprint density at radius 1 is 1.35 bits per heavy atom. The van der Waals surface area contributed by atoms with Crippen molar-refractivity contribution < 1.29 is 23.5 Å². The summed E-state index contributed by atoms with van der Waals surface area (Å²) < 4.78 is 26.1. The van der Waals surface area contributed by atoms with Crippen LogP contribution in [0.4, 0.5) is 8.78 Å². The number of carboxylic acids is 1. The topological polar surface area (TPSA) is 66.4 Å².